The number of nitrogens with one attached hydrogen (secondary N) is 1. The van der Waals surface area contributed by atoms with E-state index in [1.165, 1.54) is 0 Å². The van der Waals surface area contributed by atoms with Crippen molar-refractivity contribution in [3.8, 4) is 0 Å². The lowest BCUT2D eigenvalue weighted by Gasteiger charge is -2.09. The molecule has 2 heterocycles. The second-order valence-electron chi connectivity index (χ2n) is 4.87. The number of Topliss-reactive ketones (excluding diaryl/α,β-unsaturated/α-hetero) is 1. The molecular weight excluding hydrogens is 224 g/mol. The SMILES string of the molecule is Cc1ccc2cc(C(=O)C3CCCN3)ccc2n1. The molecule has 3 nitrogen and oxygen atoms in total. The van der Waals surface area contributed by atoms with E-state index in [4.69, 9.17) is 0 Å². The highest BCUT2D eigenvalue weighted by Gasteiger charge is 2.23. The summed E-state index contributed by atoms with van der Waals surface area (Å²) in [4.78, 5) is 16.7. The normalized spacial score (nSPS) is 19.3. The molecule has 1 aliphatic rings. The number of hydrogen-bond acceptors (Lipinski definition) is 3. The molecule has 0 saturated carbocycles. The van der Waals surface area contributed by atoms with E-state index in [-0.39, 0.29) is 11.8 Å². The van der Waals surface area contributed by atoms with Crippen LogP contribution in [0.1, 0.15) is 28.9 Å². The van der Waals surface area contributed by atoms with Gasteiger partial charge in [-0.1, -0.05) is 6.07 Å². The van der Waals surface area contributed by atoms with Gasteiger partial charge < -0.3 is 5.32 Å². The zero-order valence-corrected chi connectivity index (χ0v) is 10.4. The Hall–Kier alpha value is -1.74. The molecule has 3 rings (SSSR count). The van der Waals surface area contributed by atoms with E-state index >= 15 is 0 Å². The number of hydrogen-bond donors (Lipinski definition) is 1. The molecule has 0 amide bonds. The number of pyridine rings is 1. The highest BCUT2D eigenvalue weighted by molar-refractivity contribution is 6.02. The minimum Gasteiger partial charge on any atom is -0.307 e. The molecule has 1 fully saturated rings. The maximum absolute atomic E-state index is 12.3. The zero-order chi connectivity index (χ0) is 12.5. The van der Waals surface area contributed by atoms with Crippen LogP contribution in [0.3, 0.4) is 0 Å². The molecule has 1 saturated heterocycles. The van der Waals surface area contributed by atoms with Crippen molar-refractivity contribution in [3.63, 3.8) is 0 Å². The molecule has 1 aromatic heterocycles. The van der Waals surface area contributed by atoms with Crippen LogP contribution in [0.2, 0.25) is 0 Å². The number of benzene rings is 1. The van der Waals surface area contributed by atoms with Crippen LogP contribution in [-0.4, -0.2) is 23.4 Å². The van der Waals surface area contributed by atoms with Gasteiger partial charge in [-0.25, -0.2) is 0 Å². The number of nitrogens with zero attached hydrogens (tertiary/aromatic N) is 1. The van der Waals surface area contributed by atoms with Crippen molar-refractivity contribution < 1.29 is 4.79 Å². The van der Waals surface area contributed by atoms with E-state index in [1.807, 2.05) is 37.3 Å². The Labute approximate surface area is 106 Å². The third kappa shape index (κ3) is 2.02. The van der Waals surface area contributed by atoms with E-state index in [9.17, 15) is 4.79 Å². The maximum atomic E-state index is 12.3. The minimum atomic E-state index is 0.000794. The van der Waals surface area contributed by atoms with Crippen molar-refractivity contribution in [2.75, 3.05) is 6.54 Å². The summed E-state index contributed by atoms with van der Waals surface area (Å²) in [5, 5.41) is 4.28. The Balaban J connectivity index is 1.97. The van der Waals surface area contributed by atoms with Gasteiger partial charge in [-0.3, -0.25) is 9.78 Å². The van der Waals surface area contributed by atoms with Crippen LogP contribution in [0.25, 0.3) is 10.9 Å². The highest BCUT2D eigenvalue weighted by Crippen LogP contribution is 2.18. The number of aryl methyl sites for hydroxylation is 1. The van der Waals surface area contributed by atoms with Crippen molar-refractivity contribution in [1.29, 1.82) is 0 Å². The number of fused-ring (bicyclic) bond motifs is 1. The van der Waals surface area contributed by atoms with Gasteiger partial charge in [-0.05, 0) is 50.6 Å². The zero-order valence-electron chi connectivity index (χ0n) is 10.4. The van der Waals surface area contributed by atoms with Gasteiger partial charge in [0, 0.05) is 16.6 Å². The Kier molecular flexibility index (Phi) is 2.84. The molecule has 1 aromatic carbocycles. The van der Waals surface area contributed by atoms with Crippen molar-refractivity contribution in [2.45, 2.75) is 25.8 Å². The van der Waals surface area contributed by atoms with Gasteiger partial charge >= 0.3 is 0 Å². The lowest BCUT2D eigenvalue weighted by Crippen LogP contribution is -2.30. The van der Waals surface area contributed by atoms with Crippen LogP contribution in [0, 0.1) is 6.92 Å². The van der Waals surface area contributed by atoms with Gasteiger partial charge in [0.15, 0.2) is 5.78 Å². The first-order valence-corrected chi connectivity index (χ1v) is 6.39. The summed E-state index contributed by atoms with van der Waals surface area (Å²) < 4.78 is 0. The number of carbonyl (C=O) groups excluding carboxylic acids is 1. The molecule has 1 atom stereocenters. The Bertz CT molecular complexity index is 600. The standard InChI is InChI=1S/C15H16N2O/c1-10-4-5-11-9-12(6-7-13(11)17-10)15(18)14-3-2-8-16-14/h4-7,9,14,16H,2-3,8H2,1H3. The second-order valence-corrected chi connectivity index (χ2v) is 4.87. The van der Waals surface area contributed by atoms with Gasteiger partial charge in [0.1, 0.15) is 0 Å². The van der Waals surface area contributed by atoms with E-state index in [2.05, 4.69) is 10.3 Å². The predicted octanol–water partition coefficient (Wildman–Crippen LogP) is 2.48. The third-order valence-corrected chi connectivity index (χ3v) is 3.49. The molecule has 1 aliphatic heterocycles. The van der Waals surface area contributed by atoms with Crippen LogP contribution in [0.4, 0.5) is 0 Å². The van der Waals surface area contributed by atoms with Gasteiger partial charge in [-0.2, -0.15) is 0 Å². The number of rotatable bonds is 2. The largest absolute Gasteiger partial charge is 0.307 e. The fourth-order valence-electron chi connectivity index (χ4n) is 2.49. The first-order chi connectivity index (χ1) is 8.74. The molecule has 1 unspecified atom stereocenters. The van der Waals surface area contributed by atoms with Gasteiger partial charge in [-0.15, -0.1) is 0 Å². The Morgan fingerprint density at radius 1 is 1.33 bits per heavy atom. The summed E-state index contributed by atoms with van der Waals surface area (Å²) in [6, 6.07) is 9.77. The Morgan fingerprint density at radius 3 is 3.00 bits per heavy atom. The van der Waals surface area contributed by atoms with Crippen molar-refractivity contribution in [3.05, 3.63) is 41.6 Å². The second kappa shape index (κ2) is 4.50. The monoisotopic (exact) mass is 240 g/mol. The van der Waals surface area contributed by atoms with Crippen molar-refractivity contribution in [1.82, 2.24) is 10.3 Å². The highest BCUT2D eigenvalue weighted by atomic mass is 16.1. The van der Waals surface area contributed by atoms with Crippen LogP contribution >= 0.6 is 0 Å². The number of carbonyl (C=O) groups is 1. The van der Waals surface area contributed by atoms with Crippen LogP contribution in [0.15, 0.2) is 30.3 Å². The summed E-state index contributed by atoms with van der Waals surface area (Å²) in [6.45, 7) is 2.92. The molecule has 0 spiro atoms. The molecule has 0 aliphatic carbocycles. The van der Waals surface area contributed by atoms with E-state index < -0.39 is 0 Å². The quantitative estimate of drug-likeness (QED) is 0.820. The lowest BCUT2D eigenvalue weighted by molar-refractivity contribution is 0.0952. The predicted molar refractivity (Wildman–Crippen MR) is 71.8 cm³/mol. The molecule has 0 bridgehead atoms. The summed E-state index contributed by atoms with van der Waals surface area (Å²) in [5.41, 5.74) is 2.73. The van der Waals surface area contributed by atoms with Crippen molar-refractivity contribution in [2.24, 2.45) is 0 Å². The van der Waals surface area contributed by atoms with Crippen LogP contribution in [-0.2, 0) is 0 Å². The Morgan fingerprint density at radius 2 is 2.22 bits per heavy atom. The molecule has 2 aromatic rings. The van der Waals surface area contributed by atoms with E-state index in [1.54, 1.807) is 0 Å². The average Bonchev–Trinajstić information content (AvgIpc) is 2.91. The fourth-order valence-corrected chi connectivity index (χ4v) is 2.49. The summed E-state index contributed by atoms with van der Waals surface area (Å²) in [7, 11) is 0. The maximum Gasteiger partial charge on any atom is 0.179 e. The molecule has 18 heavy (non-hydrogen) atoms. The van der Waals surface area contributed by atoms with E-state index in [0.29, 0.717) is 0 Å². The van der Waals surface area contributed by atoms with Gasteiger partial charge in [0.25, 0.3) is 0 Å². The topological polar surface area (TPSA) is 42.0 Å². The summed E-state index contributed by atoms with van der Waals surface area (Å²) in [5.74, 6) is 0.204. The van der Waals surface area contributed by atoms with Gasteiger partial charge in [0.2, 0.25) is 0 Å². The third-order valence-electron chi connectivity index (χ3n) is 3.49. The minimum absolute atomic E-state index is 0.000794. The average molecular weight is 240 g/mol. The van der Waals surface area contributed by atoms with Crippen LogP contribution in [0.5, 0.6) is 0 Å². The first-order valence-electron chi connectivity index (χ1n) is 6.39. The molecular formula is C15H16N2O. The fraction of sp³-hybridized carbons (Fsp3) is 0.333. The molecule has 92 valence electrons. The first kappa shape index (κ1) is 11.4. The molecule has 1 N–H and O–H groups in total. The van der Waals surface area contributed by atoms with E-state index in [0.717, 1.165) is 41.5 Å². The molecule has 3 heteroatoms. The van der Waals surface area contributed by atoms with Crippen LogP contribution < -0.4 is 5.32 Å². The summed E-state index contributed by atoms with van der Waals surface area (Å²) >= 11 is 0. The van der Waals surface area contributed by atoms with Gasteiger partial charge in [0.05, 0.1) is 11.6 Å². The number of ketones is 1. The molecule has 0 radical (unpaired) electrons. The lowest BCUT2D eigenvalue weighted by atomic mass is 10.0. The summed E-state index contributed by atoms with van der Waals surface area (Å²) in [6.07, 6.45) is 2.04. The smallest absolute Gasteiger partial charge is 0.179 e. The number of aromatic nitrogens is 1. The van der Waals surface area contributed by atoms with Crippen molar-refractivity contribution >= 4 is 16.7 Å².